The first kappa shape index (κ1) is 16.4. The molecule has 0 unspecified atom stereocenters. The maximum Gasteiger partial charge on any atom is 0.387 e. The molecular weight excluding hydrogens is 312 g/mol. The molecule has 0 saturated carbocycles. The number of alkyl halides is 2. The van der Waals surface area contributed by atoms with E-state index in [0.29, 0.717) is 18.0 Å². The Balaban J connectivity index is 1.48. The SMILES string of the molecule is O=C(NCCC1Cc2ccccc2C1)c1cccc(OC(F)F)c1. The van der Waals surface area contributed by atoms with Gasteiger partial charge in [0.1, 0.15) is 5.75 Å². The van der Waals surface area contributed by atoms with Gasteiger partial charge in [0.05, 0.1) is 0 Å². The maximum absolute atomic E-state index is 12.2. The summed E-state index contributed by atoms with van der Waals surface area (Å²) in [4.78, 5) is 12.1. The maximum atomic E-state index is 12.2. The number of fused-ring (bicyclic) bond motifs is 1. The highest BCUT2D eigenvalue weighted by atomic mass is 19.3. The van der Waals surface area contributed by atoms with E-state index in [-0.39, 0.29) is 11.7 Å². The molecule has 0 fully saturated rings. The lowest BCUT2D eigenvalue weighted by atomic mass is 10.0. The third-order valence-electron chi connectivity index (χ3n) is 4.30. The molecule has 0 heterocycles. The highest BCUT2D eigenvalue weighted by Gasteiger charge is 2.20. The van der Waals surface area contributed by atoms with Gasteiger partial charge in [-0.15, -0.1) is 0 Å². The van der Waals surface area contributed by atoms with Crippen molar-refractivity contribution in [1.29, 1.82) is 0 Å². The van der Waals surface area contributed by atoms with Gasteiger partial charge >= 0.3 is 6.61 Å². The highest BCUT2D eigenvalue weighted by Crippen LogP contribution is 2.28. The molecule has 1 amide bonds. The Morgan fingerprint density at radius 3 is 2.50 bits per heavy atom. The molecule has 0 atom stereocenters. The standard InChI is InChI=1S/C19H19F2NO2/c20-19(21)24-17-7-3-6-16(12-17)18(23)22-9-8-13-10-14-4-1-2-5-15(14)11-13/h1-7,12-13,19H,8-11H2,(H,22,23). The first-order valence-corrected chi connectivity index (χ1v) is 8.01. The van der Waals surface area contributed by atoms with Crippen molar-refractivity contribution >= 4 is 5.91 Å². The van der Waals surface area contributed by atoms with Gasteiger partial charge in [-0.1, -0.05) is 30.3 Å². The van der Waals surface area contributed by atoms with Crippen LogP contribution in [0.2, 0.25) is 0 Å². The summed E-state index contributed by atoms with van der Waals surface area (Å²) in [5.41, 5.74) is 3.11. The Morgan fingerprint density at radius 1 is 1.12 bits per heavy atom. The predicted molar refractivity (Wildman–Crippen MR) is 87.4 cm³/mol. The largest absolute Gasteiger partial charge is 0.435 e. The average Bonchev–Trinajstić information content (AvgIpc) is 2.97. The van der Waals surface area contributed by atoms with Crippen LogP contribution in [0.5, 0.6) is 5.75 Å². The van der Waals surface area contributed by atoms with Crippen molar-refractivity contribution in [2.24, 2.45) is 5.92 Å². The van der Waals surface area contributed by atoms with Gasteiger partial charge in [-0.3, -0.25) is 4.79 Å². The zero-order valence-electron chi connectivity index (χ0n) is 13.2. The van der Waals surface area contributed by atoms with E-state index in [9.17, 15) is 13.6 Å². The molecule has 1 N–H and O–H groups in total. The summed E-state index contributed by atoms with van der Waals surface area (Å²) in [6, 6.07) is 14.3. The van der Waals surface area contributed by atoms with Crippen molar-refractivity contribution in [1.82, 2.24) is 5.32 Å². The third-order valence-corrected chi connectivity index (χ3v) is 4.30. The average molecular weight is 331 g/mol. The fourth-order valence-corrected chi connectivity index (χ4v) is 3.16. The Morgan fingerprint density at radius 2 is 1.83 bits per heavy atom. The van der Waals surface area contributed by atoms with Crippen molar-refractivity contribution < 1.29 is 18.3 Å². The molecule has 0 saturated heterocycles. The van der Waals surface area contributed by atoms with Gasteiger partial charge in [0.2, 0.25) is 0 Å². The Hall–Kier alpha value is -2.43. The van der Waals surface area contributed by atoms with Crippen LogP contribution in [0.1, 0.15) is 27.9 Å². The molecule has 2 aromatic rings. The molecule has 3 nitrogen and oxygen atoms in total. The highest BCUT2D eigenvalue weighted by molar-refractivity contribution is 5.94. The molecule has 0 spiro atoms. The van der Waals surface area contributed by atoms with Gasteiger partial charge in [-0.25, -0.2) is 0 Å². The van der Waals surface area contributed by atoms with E-state index >= 15 is 0 Å². The van der Waals surface area contributed by atoms with E-state index in [1.807, 2.05) is 0 Å². The molecule has 3 rings (SSSR count). The zero-order valence-corrected chi connectivity index (χ0v) is 13.2. The molecule has 1 aliphatic rings. The van der Waals surface area contributed by atoms with Crippen molar-refractivity contribution in [2.45, 2.75) is 25.9 Å². The van der Waals surface area contributed by atoms with Crippen LogP contribution in [0.15, 0.2) is 48.5 Å². The van der Waals surface area contributed by atoms with Crippen LogP contribution in [0.25, 0.3) is 0 Å². The van der Waals surface area contributed by atoms with E-state index in [0.717, 1.165) is 19.3 Å². The second kappa shape index (κ2) is 7.43. The Bertz CT molecular complexity index is 693. The van der Waals surface area contributed by atoms with Gasteiger partial charge in [0.25, 0.3) is 5.91 Å². The summed E-state index contributed by atoms with van der Waals surface area (Å²) in [5, 5.41) is 2.85. The molecule has 2 aromatic carbocycles. The summed E-state index contributed by atoms with van der Waals surface area (Å²) in [6.45, 7) is -2.33. The predicted octanol–water partition coefficient (Wildman–Crippen LogP) is 3.82. The van der Waals surface area contributed by atoms with Crippen molar-refractivity contribution in [3.8, 4) is 5.75 Å². The van der Waals surface area contributed by atoms with Gasteiger partial charge in [-0.2, -0.15) is 8.78 Å². The minimum absolute atomic E-state index is 0.0103. The Kier molecular flexibility index (Phi) is 5.08. The quantitative estimate of drug-likeness (QED) is 0.874. The van der Waals surface area contributed by atoms with Crippen LogP contribution < -0.4 is 10.1 Å². The minimum Gasteiger partial charge on any atom is -0.435 e. The Labute approximate surface area is 139 Å². The second-order valence-electron chi connectivity index (χ2n) is 5.99. The summed E-state index contributed by atoms with van der Waals surface area (Å²) in [5.74, 6) is 0.255. The van der Waals surface area contributed by atoms with E-state index in [4.69, 9.17) is 0 Å². The number of ether oxygens (including phenoxy) is 1. The molecule has 126 valence electrons. The summed E-state index contributed by atoms with van der Waals surface area (Å²) < 4.78 is 28.8. The number of hydrogen-bond donors (Lipinski definition) is 1. The molecule has 0 bridgehead atoms. The molecule has 5 heteroatoms. The van der Waals surface area contributed by atoms with Crippen molar-refractivity contribution in [3.05, 3.63) is 65.2 Å². The summed E-state index contributed by atoms with van der Waals surface area (Å²) >= 11 is 0. The molecule has 1 aliphatic carbocycles. The molecule has 0 aliphatic heterocycles. The first-order chi connectivity index (χ1) is 11.6. The number of benzene rings is 2. The fourth-order valence-electron chi connectivity index (χ4n) is 3.16. The number of hydrogen-bond acceptors (Lipinski definition) is 2. The van der Waals surface area contributed by atoms with Crippen LogP contribution in [-0.2, 0) is 12.8 Å². The molecule has 24 heavy (non-hydrogen) atoms. The lowest BCUT2D eigenvalue weighted by Gasteiger charge is -2.11. The minimum atomic E-state index is -2.90. The summed E-state index contributed by atoms with van der Waals surface area (Å²) in [7, 11) is 0. The van der Waals surface area contributed by atoms with Crippen molar-refractivity contribution in [3.63, 3.8) is 0 Å². The van der Waals surface area contributed by atoms with Gasteiger partial charge < -0.3 is 10.1 Å². The van der Waals surface area contributed by atoms with E-state index in [1.165, 1.54) is 29.3 Å². The van der Waals surface area contributed by atoms with Crippen LogP contribution in [0.4, 0.5) is 8.78 Å². The molecule has 0 radical (unpaired) electrons. The number of carbonyl (C=O) groups excluding carboxylic acids is 1. The monoisotopic (exact) mass is 331 g/mol. The number of amides is 1. The molecule has 0 aromatic heterocycles. The summed E-state index contributed by atoms with van der Waals surface area (Å²) in [6.07, 6.45) is 2.99. The van der Waals surface area contributed by atoms with E-state index < -0.39 is 6.61 Å². The number of nitrogens with one attached hydrogen (secondary N) is 1. The third kappa shape index (κ3) is 4.10. The fraction of sp³-hybridized carbons (Fsp3) is 0.316. The lowest BCUT2D eigenvalue weighted by molar-refractivity contribution is -0.0498. The second-order valence-corrected chi connectivity index (χ2v) is 5.99. The van der Waals surface area contributed by atoms with Crippen LogP contribution >= 0.6 is 0 Å². The normalized spacial score (nSPS) is 13.8. The zero-order chi connectivity index (χ0) is 16.9. The number of halogens is 2. The van der Waals surface area contributed by atoms with Gasteiger partial charge in [0.15, 0.2) is 0 Å². The van der Waals surface area contributed by atoms with Crippen LogP contribution in [-0.4, -0.2) is 19.1 Å². The topological polar surface area (TPSA) is 38.3 Å². The van der Waals surface area contributed by atoms with Gasteiger partial charge in [0, 0.05) is 12.1 Å². The number of carbonyl (C=O) groups is 1. The smallest absolute Gasteiger partial charge is 0.387 e. The van der Waals surface area contributed by atoms with E-state index in [1.54, 1.807) is 6.07 Å². The number of rotatable bonds is 6. The lowest BCUT2D eigenvalue weighted by Crippen LogP contribution is -2.26. The van der Waals surface area contributed by atoms with E-state index in [2.05, 4.69) is 34.3 Å². The first-order valence-electron chi connectivity index (χ1n) is 8.01. The van der Waals surface area contributed by atoms with Crippen LogP contribution in [0.3, 0.4) is 0 Å². The van der Waals surface area contributed by atoms with Crippen LogP contribution in [0, 0.1) is 5.92 Å². The van der Waals surface area contributed by atoms with Gasteiger partial charge in [-0.05, 0) is 54.5 Å². The molecular formula is C19H19F2NO2. The van der Waals surface area contributed by atoms with Crippen molar-refractivity contribution in [2.75, 3.05) is 6.54 Å².